The van der Waals surface area contributed by atoms with E-state index >= 15 is 0 Å². The Balaban J connectivity index is 2.02. The third-order valence-corrected chi connectivity index (χ3v) is 3.90. The van der Waals surface area contributed by atoms with E-state index in [1.807, 2.05) is 0 Å². The summed E-state index contributed by atoms with van der Waals surface area (Å²) >= 11 is 3.58. The molecular formula is C14H16BrN3O. The number of benzene rings is 1. The number of aromatic nitrogens is 2. The normalized spacial score (nSPS) is 14.6. The molecule has 0 aliphatic heterocycles. The van der Waals surface area contributed by atoms with Crippen LogP contribution in [0, 0.1) is 12.8 Å². The molecule has 5 heteroatoms. The molecule has 4 nitrogen and oxygen atoms in total. The number of hydrogen-bond donors (Lipinski definition) is 2. The fraction of sp³-hybridized carbons (Fsp3) is 0.357. The fourth-order valence-corrected chi connectivity index (χ4v) is 2.76. The van der Waals surface area contributed by atoms with Gasteiger partial charge >= 0.3 is 0 Å². The second-order valence-electron chi connectivity index (χ2n) is 5.08. The second kappa shape index (κ2) is 4.89. The van der Waals surface area contributed by atoms with Crippen LogP contribution in [0.1, 0.15) is 18.4 Å². The highest BCUT2D eigenvalue weighted by Gasteiger charge is 2.23. The molecule has 19 heavy (non-hydrogen) atoms. The number of aromatic amines is 1. The van der Waals surface area contributed by atoms with Crippen molar-refractivity contribution in [2.24, 2.45) is 5.92 Å². The van der Waals surface area contributed by atoms with E-state index in [1.165, 1.54) is 12.8 Å². The molecule has 3 rings (SSSR count). The van der Waals surface area contributed by atoms with Gasteiger partial charge in [-0.15, -0.1) is 0 Å². The average molecular weight is 322 g/mol. The number of aryl methyl sites for hydroxylation is 1. The van der Waals surface area contributed by atoms with E-state index in [1.54, 1.807) is 6.20 Å². The number of halogens is 1. The summed E-state index contributed by atoms with van der Waals surface area (Å²) in [6, 6.07) is 4.14. The molecule has 3 N–H and O–H groups in total. The Bertz CT molecular complexity index is 605. The van der Waals surface area contributed by atoms with Gasteiger partial charge in [0.25, 0.3) is 0 Å². The Morgan fingerprint density at radius 3 is 2.84 bits per heavy atom. The molecule has 1 fully saturated rings. The minimum absolute atomic E-state index is 0.564. The maximum Gasteiger partial charge on any atom is 0.141 e. The summed E-state index contributed by atoms with van der Waals surface area (Å²) in [7, 11) is 0. The van der Waals surface area contributed by atoms with E-state index in [-0.39, 0.29) is 0 Å². The molecule has 1 saturated carbocycles. The smallest absolute Gasteiger partial charge is 0.141 e. The molecule has 1 aromatic carbocycles. The van der Waals surface area contributed by atoms with Crippen LogP contribution < -0.4 is 10.5 Å². The quantitative estimate of drug-likeness (QED) is 0.905. The lowest BCUT2D eigenvalue weighted by atomic mass is 10.0. The van der Waals surface area contributed by atoms with Crippen LogP contribution in [-0.4, -0.2) is 16.8 Å². The zero-order valence-corrected chi connectivity index (χ0v) is 12.3. The van der Waals surface area contributed by atoms with Gasteiger partial charge in [-0.3, -0.25) is 5.10 Å². The molecule has 1 heterocycles. The van der Waals surface area contributed by atoms with Crippen molar-refractivity contribution in [2.75, 3.05) is 12.3 Å². The summed E-state index contributed by atoms with van der Waals surface area (Å²) in [6.45, 7) is 2.82. The molecule has 1 aliphatic rings. The Kier molecular flexibility index (Phi) is 3.22. The Morgan fingerprint density at radius 2 is 2.21 bits per heavy atom. The first-order chi connectivity index (χ1) is 9.15. The van der Waals surface area contributed by atoms with Gasteiger partial charge in [0.05, 0.1) is 17.3 Å². The minimum Gasteiger partial charge on any atom is -0.491 e. The molecule has 0 radical (unpaired) electrons. The molecule has 0 spiro atoms. The van der Waals surface area contributed by atoms with Gasteiger partial charge in [-0.1, -0.05) is 0 Å². The first-order valence-electron chi connectivity index (χ1n) is 6.37. The molecule has 1 aromatic heterocycles. The second-order valence-corrected chi connectivity index (χ2v) is 5.93. The average Bonchev–Trinajstić information content (AvgIpc) is 3.08. The molecule has 0 saturated heterocycles. The Morgan fingerprint density at radius 1 is 1.42 bits per heavy atom. The molecule has 0 unspecified atom stereocenters. The van der Waals surface area contributed by atoms with E-state index in [0.29, 0.717) is 11.7 Å². The van der Waals surface area contributed by atoms with Crippen LogP contribution in [0.2, 0.25) is 0 Å². The number of nitrogens with two attached hydrogens (primary N) is 1. The van der Waals surface area contributed by atoms with Crippen molar-refractivity contribution in [3.05, 3.63) is 28.4 Å². The van der Waals surface area contributed by atoms with Crippen molar-refractivity contribution in [3.8, 4) is 16.9 Å². The summed E-state index contributed by atoms with van der Waals surface area (Å²) < 4.78 is 6.94. The van der Waals surface area contributed by atoms with Gasteiger partial charge in [-0.05, 0) is 59.3 Å². The monoisotopic (exact) mass is 321 g/mol. The lowest BCUT2D eigenvalue weighted by Gasteiger charge is -2.14. The summed E-state index contributed by atoms with van der Waals surface area (Å²) in [5, 5.41) is 6.75. The molecule has 2 aromatic rings. The van der Waals surface area contributed by atoms with E-state index in [2.05, 4.69) is 45.2 Å². The molecule has 0 atom stereocenters. The van der Waals surface area contributed by atoms with Gasteiger partial charge in [0.15, 0.2) is 0 Å². The number of H-pyrrole nitrogens is 1. The number of rotatable bonds is 4. The molecule has 1 aliphatic carbocycles. The maximum atomic E-state index is 5.98. The van der Waals surface area contributed by atoms with E-state index in [0.717, 1.165) is 33.5 Å². The summed E-state index contributed by atoms with van der Waals surface area (Å²) in [5.74, 6) is 2.13. The SMILES string of the molecule is Cc1cc(Br)c(OCC2CC2)c(-c2cn[nH]c2N)c1. The standard InChI is InChI=1S/C14H16BrN3O/c1-8-4-10(11-6-17-18-14(11)16)13(12(15)5-8)19-7-9-2-3-9/h4-6,9H,2-3,7H2,1H3,(H3,16,17,18). The van der Waals surface area contributed by atoms with Crippen LogP contribution >= 0.6 is 15.9 Å². The first-order valence-corrected chi connectivity index (χ1v) is 7.16. The van der Waals surface area contributed by atoms with E-state index < -0.39 is 0 Å². The number of hydrogen-bond acceptors (Lipinski definition) is 3. The predicted octanol–water partition coefficient (Wildman–Crippen LogP) is 3.52. The molecular weight excluding hydrogens is 306 g/mol. The Hall–Kier alpha value is -1.49. The molecule has 100 valence electrons. The van der Waals surface area contributed by atoms with Crippen LogP contribution in [0.3, 0.4) is 0 Å². The zero-order chi connectivity index (χ0) is 13.4. The number of nitrogens with zero attached hydrogens (tertiary/aromatic N) is 1. The van der Waals surface area contributed by atoms with Gasteiger partial charge in [-0.25, -0.2) is 0 Å². The van der Waals surface area contributed by atoms with Crippen LogP contribution in [0.5, 0.6) is 5.75 Å². The number of anilines is 1. The number of nitrogens with one attached hydrogen (secondary N) is 1. The highest BCUT2D eigenvalue weighted by molar-refractivity contribution is 9.10. The highest BCUT2D eigenvalue weighted by Crippen LogP contribution is 2.40. The molecule has 0 amide bonds. The number of ether oxygens (including phenoxy) is 1. The van der Waals surface area contributed by atoms with Crippen molar-refractivity contribution >= 4 is 21.7 Å². The lowest BCUT2D eigenvalue weighted by molar-refractivity contribution is 0.299. The number of nitrogen functional groups attached to an aromatic ring is 1. The van der Waals surface area contributed by atoms with Crippen molar-refractivity contribution in [1.29, 1.82) is 0 Å². The zero-order valence-electron chi connectivity index (χ0n) is 10.7. The maximum absolute atomic E-state index is 5.98. The fourth-order valence-electron chi connectivity index (χ4n) is 2.07. The lowest BCUT2D eigenvalue weighted by Crippen LogP contribution is -2.02. The summed E-state index contributed by atoms with van der Waals surface area (Å²) in [5.41, 5.74) is 8.94. The summed E-state index contributed by atoms with van der Waals surface area (Å²) in [6.07, 6.45) is 4.28. The van der Waals surface area contributed by atoms with Crippen molar-refractivity contribution < 1.29 is 4.74 Å². The Labute approximate surface area is 120 Å². The minimum atomic E-state index is 0.564. The van der Waals surface area contributed by atoms with E-state index in [4.69, 9.17) is 10.5 Å². The third kappa shape index (κ3) is 2.61. The topological polar surface area (TPSA) is 63.9 Å². The summed E-state index contributed by atoms with van der Waals surface area (Å²) in [4.78, 5) is 0. The highest BCUT2D eigenvalue weighted by atomic mass is 79.9. The van der Waals surface area contributed by atoms with Crippen LogP contribution in [-0.2, 0) is 0 Å². The van der Waals surface area contributed by atoms with Gasteiger partial charge in [-0.2, -0.15) is 5.10 Å². The van der Waals surface area contributed by atoms with E-state index in [9.17, 15) is 0 Å². The molecule has 0 bridgehead atoms. The van der Waals surface area contributed by atoms with Crippen molar-refractivity contribution in [3.63, 3.8) is 0 Å². The van der Waals surface area contributed by atoms with Gasteiger partial charge in [0.2, 0.25) is 0 Å². The van der Waals surface area contributed by atoms with Crippen LogP contribution in [0.4, 0.5) is 5.82 Å². The third-order valence-electron chi connectivity index (χ3n) is 3.31. The van der Waals surface area contributed by atoms with Gasteiger partial charge in [0.1, 0.15) is 11.6 Å². The predicted molar refractivity (Wildman–Crippen MR) is 79.1 cm³/mol. The van der Waals surface area contributed by atoms with Gasteiger partial charge in [0, 0.05) is 11.1 Å². The van der Waals surface area contributed by atoms with Crippen molar-refractivity contribution in [2.45, 2.75) is 19.8 Å². The van der Waals surface area contributed by atoms with Crippen LogP contribution in [0.15, 0.2) is 22.8 Å². The first kappa shape index (κ1) is 12.5. The van der Waals surface area contributed by atoms with Crippen molar-refractivity contribution in [1.82, 2.24) is 10.2 Å². The largest absolute Gasteiger partial charge is 0.491 e. The van der Waals surface area contributed by atoms with Crippen LogP contribution in [0.25, 0.3) is 11.1 Å². The van der Waals surface area contributed by atoms with Gasteiger partial charge < -0.3 is 10.5 Å².